The highest BCUT2D eigenvalue weighted by atomic mass is 16.2. The zero-order valence-electron chi connectivity index (χ0n) is 18.6. The fourth-order valence-corrected chi connectivity index (χ4v) is 4.20. The molecule has 0 aliphatic heterocycles. The number of fused-ring (bicyclic) bond motifs is 2. The van der Waals surface area contributed by atoms with Crippen molar-refractivity contribution in [1.82, 2.24) is 15.4 Å². The second-order valence-corrected chi connectivity index (χ2v) is 8.31. The van der Waals surface area contributed by atoms with Crippen molar-refractivity contribution in [1.29, 1.82) is 0 Å². The number of hydrogen-bond donors (Lipinski definition) is 3. The molecule has 5 rings (SSSR count). The molecular formula is C28H26N4O. The van der Waals surface area contributed by atoms with E-state index in [4.69, 9.17) is 4.98 Å². The third-order valence-electron chi connectivity index (χ3n) is 5.87. The molecule has 0 aliphatic rings. The third kappa shape index (κ3) is 4.58. The number of H-pyrrole nitrogens is 1. The molecule has 0 spiro atoms. The van der Waals surface area contributed by atoms with Gasteiger partial charge in [-0.1, -0.05) is 54.1 Å². The highest BCUT2D eigenvalue weighted by Gasteiger charge is 2.15. The van der Waals surface area contributed by atoms with E-state index < -0.39 is 0 Å². The highest BCUT2D eigenvalue weighted by Crippen LogP contribution is 2.32. The van der Waals surface area contributed by atoms with Crippen molar-refractivity contribution in [3.05, 3.63) is 96.1 Å². The number of carbonyl (C=O) groups excluding carboxylic acids is 1. The van der Waals surface area contributed by atoms with Gasteiger partial charge < -0.3 is 4.98 Å². The minimum atomic E-state index is -0.0275. The lowest BCUT2D eigenvalue weighted by Crippen LogP contribution is -2.29. The van der Waals surface area contributed by atoms with Gasteiger partial charge in [0.25, 0.3) is 0 Å². The van der Waals surface area contributed by atoms with Crippen molar-refractivity contribution >= 4 is 33.4 Å². The maximum absolute atomic E-state index is 12.4. The average molecular weight is 435 g/mol. The van der Waals surface area contributed by atoms with Gasteiger partial charge in [-0.05, 0) is 61.7 Å². The zero-order valence-corrected chi connectivity index (χ0v) is 18.6. The summed E-state index contributed by atoms with van der Waals surface area (Å²) >= 11 is 0. The molecule has 5 nitrogen and oxygen atoms in total. The quantitative estimate of drug-likeness (QED) is 0.269. The number of nitrogens with zero attached hydrogens (tertiary/aromatic N) is 1. The van der Waals surface area contributed by atoms with Crippen LogP contribution in [0, 0.1) is 6.92 Å². The van der Waals surface area contributed by atoms with Gasteiger partial charge in [-0.2, -0.15) is 0 Å². The molecule has 0 unspecified atom stereocenters. The monoisotopic (exact) mass is 434 g/mol. The molecule has 2 heterocycles. The molecule has 5 heteroatoms. The molecule has 5 aromatic rings. The number of aromatic amines is 1. The van der Waals surface area contributed by atoms with E-state index in [0.717, 1.165) is 46.3 Å². The predicted octanol–water partition coefficient (Wildman–Crippen LogP) is 6.16. The van der Waals surface area contributed by atoms with Gasteiger partial charge in [0.2, 0.25) is 5.91 Å². The normalized spacial score (nSPS) is 11.1. The lowest BCUT2D eigenvalue weighted by Gasteiger charge is -2.09. The molecule has 3 aromatic carbocycles. The Morgan fingerprint density at radius 1 is 0.939 bits per heavy atom. The first-order valence-corrected chi connectivity index (χ1v) is 11.2. The molecule has 0 fully saturated rings. The second kappa shape index (κ2) is 9.17. The molecular weight excluding hydrogens is 408 g/mol. The molecule has 0 aliphatic carbocycles. The van der Waals surface area contributed by atoms with Crippen molar-refractivity contribution in [3.63, 3.8) is 0 Å². The van der Waals surface area contributed by atoms with Crippen molar-refractivity contribution < 1.29 is 4.79 Å². The fraction of sp³-hybridized carbons (Fsp3) is 0.143. The van der Waals surface area contributed by atoms with Gasteiger partial charge in [0.05, 0.1) is 22.6 Å². The minimum absolute atomic E-state index is 0.0275. The Hall–Kier alpha value is -4.12. The molecule has 0 saturated carbocycles. The van der Waals surface area contributed by atoms with E-state index in [2.05, 4.69) is 59.2 Å². The van der Waals surface area contributed by atoms with Gasteiger partial charge >= 0.3 is 0 Å². The number of carbonyl (C=O) groups is 1. The molecule has 2 aromatic heterocycles. The van der Waals surface area contributed by atoms with E-state index in [0.29, 0.717) is 6.42 Å². The van der Waals surface area contributed by atoms with Crippen LogP contribution < -0.4 is 10.9 Å². The third-order valence-corrected chi connectivity index (χ3v) is 5.87. The number of aromatic nitrogens is 2. The summed E-state index contributed by atoms with van der Waals surface area (Å²) in [7, 11) is 0. The molecule has 1 amide bonds. The van der Waals surface area contributed by atoms with Gasteiger partial charge in [-0.3, -0.25) is 15.6 Å². The van der Waals surface area contributed by atoms with Crippen LogP contribution in [0.2, 0.25) is 0 Å². The van der Waals surface area contributed by atoms with E-state index in [9.17, 15) is 4.79 Å². The Morgan fingerprint density at radius 2 is 1.76 bits per heavy atom. The summed E-state index contributed by atoms with van der Waals surface area (Å²) in [6.07, 6.45) is 1.96. The summed E-state index contributed by atoms with van der Waals surface area (Å²) < 4.78 is 0. The number of rotatable bonds is 7. The lowest BCUT2D eigenvalue weighted by atomic mass is 10.0. The summed E-state index contributed by atoms with van der Waals surface area (Å²) in [6.45, 7) is 2.10. The van der Waals surface area contributed by atoms with E-state index in [-0.39, 0.29) is 5.91 Å². The Morgan fingerprint density at radius 3 is 2.64 bits per heavy atom. The maximum Gasteiger partial charge on any atom is 0.238 e. The van der Waals surface area contributed by atoms with E-state index in [1.165, 1.54) is 16.5 Å². The van der Waals surface area contributed by atoms with Crippen molar-refractivity contribution in [2.75, 3.05) is 5.43 Å². The van der Waals surface area contributed by atoms with Crippen LogP contribution in [-0.2, 0) is 11.2 Å². The van der Waals surface area contributed by atoms with Crippen LogP contribution in [0.3, 0.4) is 0 Å². The van der Waals surface area contributed by atoms with Crippen LogP contribution in [-0.4, -0.2) is 15.9 Å². The van der Waals surface area contributed by atoms with Gasteiger partial charge in [0.1, 0.15) is 0 Å². The Labute approximate surface area is 192 Å². The Bertz CT molecular complexity index is 1420. The SMILES string of the molecule is Cc1ccc2[nH]c(-c3ccc4ccccc4n3)c(CCCC(=O)NNc3ccccc3)c2c1. The lowest BCUT2D eigenvalue weighted by molar-refractivity contribution is -0.120. The molecule has 0 radical (unpaired) electrons. The van der Waals surface area contributed by atoms with Crippen LogP contribution in [0.4, 0.5) is 5.69 Å². The van der Waals surface area contributed by atoms with E-state index in [1.807, 2.05) is 48.5 Å². The summed E-state index contributed by atoms with van der Waals surface area (Å²) in [5, 5.41) is 2.32. The smallest absolute Gasteiger partial charge is 0.238 e. The molecule has 0 bridgehead atoms. The average Bonchev–Trinajstić information content (AvgIpc) is 3.20. The van der Waals surface area contributed by atoms with Crippen LogP contribution in [0.25, 0.3) is 33.2 Å². The van der Waals surface area contributed by atoms with Crippen LogP contribution in [0.15, 0.2) is 84.9 Å². The van der Waals surface area contributed by atoms with E-state index >= 15 is 0 Å². The molecule has 0 saturated heterocycles. The largest absolute Gasteiger partial charge is 0.353 e. The van der Waals surface area contributed by atoms with Crippen molar-refractivity contribution in [2.45, 2.75) is 26.2 Å². The summed E-state index contributed by atoms with van der Waals surface area (Å²) in [5.41, 5.74) is 13.1. The number of hydrogen-bond acceptors (Lipinski definition) is 3. The number of para-hydroxylation sites is 2. The molecule has 164 valence electrons. The number of amides is 1. The summed E-state index contributed by atoms with van der Waals surface area (Å²) in [4.78, 5) is 20.9. The van der Waals surface area contributed by atoms with Crippen LogP contribution >= 0.6 is 0 Å². The maximum atomic E-state index is 12.4. The number of nitrogens with one attached hydrogen (secondary N) is 3. The van der Waals surface area contributed by atoms with Crippen molar-refractivity contribution in [2.24, 2.45) is 0 Å². The van der Waals surface area contributed by atoms with Crippen molar-refractivity contribution in [3.8, 4) is 11.4 Å². The molecule has 33 heavy (non-hydrogen) atoms. The standard InChI is InChI=1S/C28H26N4O/c1-19-14-16-25-23(18-19)22(11-7-13-27(33)32-31-21-9-3-2-4-10-21)28(30-25)26-17-15-20-8-5-6-12-24(20)29-26/h2-6,8-10,12,14-18,30-31H,7,11,13H2,1H3,(H,32,33). The fourth-order valence-electron chi connectivity index (χ4n) is 4.20. The number of anilines is 1. The topological polar surface area (TPSA) is 69.8 Å². The van der Waals surface area contributed by atoms with Crippen LogP contribution in [0.1, 0.15) is 24.0 Å². The van der Waals surface area contributed by atoms with E-state index in [1.54, 1.807) is 0 Å². The summed E-state index contributed by atoms with van der Waals surface area (Å²) in [5.74, 6) is -0.0275. The minimum Gasteiger partial charge on any atom is -0.353 e. The van der Waals surface area contributed by atoms with Gasteiger partial charge in [-0.25, -0.2) is 4.98 Å². The first-order chi connectivity index (χ1) is 16.2. The number of benzene rings is 3. The zero-order chi connectivity index (χ0) is 22.6. The first kappa shape index (κ1) is 20.8. The number of hydrazine groups is 1. The predicted molar refractivity (Wildman–Crippen MR) is 135 cm³/mol. The molecule has 0 atom stereocenters. The van der Waals surface area contributed by atoms with Gasteiger partial charge in [0, 0.05) is 22.7 Å². The van der Waals surface area contributed by atoms with Gasteiger partial charge in [0.15, 0.2) is 0 Å². The Balaban J connectivity index is 1.37. The van der Waals surface area contributed by atoms with Gasteiger partial charge in [-0.15, -0.1) is 0 Å². The highest BCUT2D eigenvalue weighted by molar-refractivity contribution is 5.92. The number of aryl methyl sites for hydroxylation is 2. The molecule has 3 N–H and O–H groups in total. The first-order valence-electron chi connectivity index (χ1n) is 11.2. The Kier molecular flexibility index (Phi) is 5.77. The second-order valence-electron chi connectivity index (χ2n) is 8.31. The van der Waals surface area contributed by atoms with Crippen LogP contribution in [0.5, 0.6) is 0 Å². The number of pyridine rings is 1. The summed E-state index contributed by atoms with van der Waals surface area (Å²) in [6, 6.07) is 28.4.